The van der Waals surface area contributed by atoms with E-state index in [0.29, 0.717) is 18.2 Å². The Balaban J connectivity index is 1.79. The lowest BCUT2D eigenvalue weighted by Gasteiger charge is -2.29. The molecule has 0 bridgehead atoms. The van der Waals surface area contributed by atoms with E-state index >= 15 is 0 Å². The number of pyridine rings is 1. The molecule has 6 nitrogen and oxygen atoms in total. The van der Waals surface area contributed by atoms with Crippen LogP contribution in [0.15, 0.2) is 23.0 Å². The highest BCUT2D eigenvalue weighted by Gasteiger charge is 2.19. The van der Waals surface area contributed by atoms with Crippen LogP contribution in [-0.4, -0.2) is 65.3 Å². The van der Waals surface area contributed by atoms with E-state index in [2.05, 4.69) is 53.0 Å². The van der Waals surface area contributed by atoms with Crippen LogP contribution < -0.4 is 10.9 Å². The van der Waals surface area contributed by atoms with Crippen molar-refractivity contribution >= 4 is 28.2 Å². The zero-order valence-electron chi connectivity index (χ0n) is 19.3. The minimum Gasteiger partial charge on any atom is -0.376 e. The third kappa shape index (κ3) is 6.05. The van der Waals surface area contributed by atoms with Crippen molar-refractivity contribution in [2.24, 2.45) is 0 Å². The van der Waals surface area contributed by atoms with Gasteiger partial charge in [0.1, 0.15) is 0 Å². The van der Waals surface area contributed by atoms with Gasteiger partial charge in [-0.3, -0.25) is 4.79 Å². The van der Waals surface area contributed by atoms with E-state index in [0.717, 1.165) is 67.7 Å². The van der Waals surface area contributed by atoms with Crippen LogP contribution in [0.5, 0.6) is 0 Å². The first-order valence-corrected chi connectivity index (χ1v) is 11.8. The maximum atomic E-state index is 12.9. The summed E-state index contributed by atoms with van der Waals surface area (Å²) in [5.74, 6) is 0. The van der Waals surface area contributed by atoms with Gasteiger partial charge in [0.05, 0.1) is 18.2 Å². The second kappa shape index (κ2) is 11.1. The number of aromatic nitrogens is 1. The van der Waals surface area contributed by atoms with E-state index in [1.165, 1.54) is 5.56 Å². The van der Waals surface area contributed by atoms with Gasteiger partial charge >= 0.3 is 0 Å². The van der Waals surface area contributed by atoms with Crippen molar-refractivity contribution in [2.45, 2.75) is 53.2 Å². The van der Waals surface area contributed by atoms with Crippen LogP contribution in [0, 0.1) is 13.8 Å². The van der Waals surface area contributed by atoms with Crippen LogP contribution in [-0.2, 0) is 11.3 Å². The summed E-state index contributed by atoms with van der Waals surface area (Å²) in [6, 6.07) is 6.19. The maximum Gasteiger partial charge on any atom is 0.253 e. The number of H-pyrrole nitrogens is 1. The van der Waals surface area contributed by atoms with E-state index in [1.807, 2.05) is 13.0 Å². The Morgan fingerprint density at radius 1 is 1.26 bits per heavy atom. The van der Waals surface area contributed by atoms with E-state index in [-0.39, 0.29) is 11.7 Å². The molecule has 0 amide bonds. The molecule has 1 aromatic carbocycles. The molecular weight excluding hydrogens is 408 g/mol. The Morgan fingerprint density at radius 3 is 2.71 bits per heavy atom. The van der Waals surface area contributed by atoms with Gasteiger partial charge in [0.2, 0.25) is 0 Å². The lowest BCUT2D eigenvalue weighted by atomic mass is 10.0. The summed E-state index contributed by atoms with van der Waals surface area (Å²) in [6.45, 7) is 14.1. The standard InChI is InChI=1S/C24H36N4O2S/c1-5-27(6-2)11-12-28(24(31)25-15-21-8-7-13-30-21)16-20-14-19-10-9-17(3)18(4)22(19)26-23(20)29/h9-10,14,21H,5-8,11-13,15-16H2,1-4H3,(H,25,31)(H,26,29). The topological polar surface area (TPSA) is 60.6 Å². The van der Waals surface area contributed by atoms with Crippen LogP contribution in [0.25, 0.3) is 10.9 Å². The van der Waals surface area contributed by atoms with Gasteiger partial charge in [-0.2, -0.15) is 0 Å². The minimum absolute atomic E-state index is 0.0454. The minimum atomic E-state index is -0.0454. The molecule has 1 aliphatic rings. The molecule has 1 saturated heterocycles. The van der Waals surface area contributed by atoms with Crippen LogP contribution in [0.3, 0.4) is 0 Å². The molecule has 1 fully saturated rings. The summed E-state index contributed by atoms with van der Waals surface area (Å²) in [7, 11) is 0. The van der Waals surface area contributed by atoms with Gasteiger partial charge in [0.15, 0.2) is 5.11 Å². The molecule has 2 heterocycles. The molecule has 2 N–H and O–H groups in total. The smallest absolute Gasteiger partial charge is 0.253 e. The molecule has 1 aliphatic heterocycles. The normalized spacial score (nSPS) is 16.2. The Bertz CT molecular complexity index is 948. The fourth-order valence-corrected chi connectivity index (χ4v) is 4.30. The zero-order chi connectivity index (χ0) is 22.4. The largest absolute Gasteiger partial charge is 0.376 e. The summed E-state index contributed by atoms with van der Waals surface area (Å²) in [5, 5.41) is 5.12. The zero-order valence-corrected chi connectivity index (χ0v) is 20.1. The average Bonchev–Trinajstić information content (AvgIpc) is 3.29. The van der Waals surface area contributed by atoms with Gasteiger partial charge in [0, 0.05) is 31.8 Å². The monoisotopic (exact) mass is 444 g/mol. The van der Waals surface area contributed by atoms with Crippen molar-refractivity contribution in [1.29, 1.82) is 0 Å². The SMILES string of the molecule is CCN(CC)CCN(Cc1cc2ccc(C)c(C)c2[nH]c1=O)C(=S)NCC1CCCO1. The van der Waals surface area contributed by atoms with Crippen molar-refractivity contribution in [3.8, 4) is 0 Å². The summed E-state index contributed by atoms with van der Waals surface area (Å²) >= 11 is 5.74. The number of ether oxygens (including phenoxy) is 1. The highest BCUT2D eigenvalue weighted by molar-refractivity contribution is 7.80. The predicted octanol–water partition coefficient (Wildman–Crippen LogP) is 3.34. The highest BCUT2D eigenvalue weighted by atomic mass is 32.1. The van der Waals surface area contributed by atoms with Gasteiger partial charge < -0.3 is 24.8 Å². The second-order valence-corrected chi connectivity index (χ2v) is 8.75. The summed E-state index contributed by atoms with van der Waals surface area (Å²) in [5.41, 5.74) is 3.90. The Kier molecular flexibility index (Phi) is 8.46. The first kappa shape index (κ1) is 23.7. The average molecular weight is 445 g/mol. The molecule has 0 spiro atoms. The number of aryl methyl sites for hydroxylation is 2. The van der Waals surface area contributed by atoms with Gasteiger partial charge in [-0.1, -0.05) is 26.0 Å². The summed E-state index contributed by atoms with van der Waals surface area (Å²) < 4.78 is 5.72. The van der Waals surface area contributed by atoms with Gasteiger partial charge in [-0.15, -0.1) is 0 Å². The fourth-order valence-electron chi connectivity index (χ4n) is 4.07. The molecule has 0 radical (unpaired) electrons. The predicted molar refractivity (Wildman–Crippen MR) is 132 cm³/mol. The summed E-state index contributed by atoms with van der Waals surface area (Å²) in [4.78, 5) is 20.5. The summed E-state index contributed by atoms with van der Waals surface area (Å²) in [6.07, 6.45) is 2.40. The Morgan fingerprint density at radius 2 is 2.03 bits per heavy atom. The molecule has 2 aromatic rings. The van der Waals surface area contributed by atoms with Crippen LogP contribution in [0.2, 0.25) is 0 Å². The number of nitrogens with zero attached hydrogens (tertiary/aromatic N) is 2. The third-order valence-electron chi connectivity index (χ3n) is 6.36. The molecule has 170 valence electrons. The molecule has 31 heavy (non-hydrogen) atoms. The lowest BCUT2D eigenvalue weighted by Crippen LogP contribution is -2.46. The Labute approximate surface area is 191 Å². The van der Waals surface area contributed by atoms with Crippen molar-refractivity contribution in [3.63, 3.8) is 0 Å². The van der Waals surface area contributed by atoms with Crippen LogP contribution >= 0.6 is 12.2 Å². The van der Waals surface area contributed by atoms with Crippen molar-refractivity contribution in [2.75, 3.05) is 39.3 Å². The molecule has 3 rings (SSSR count). The Hall–Kier alpha value is -1.96. The number of benzene rings is 1. The third-order valence-corrected chi connectivity index (χ3v) is 6.76. The number of fused-ring (bicyclic) bond motifs is 1. The van der Waals surface area contributed by atoms with Gasteiger partial charge in [-0.25, -0.2) is 0 Å². The molecule has 1 atom stereocenters. The molecule has 0 saturated carbocycles. The van der Waals surface area contributed by atoms with E-state index in [9.17, 15) is 4.79 Å². The molecule has 1 aromatic heterocycles. The second-order valence-electron chi connectivity index (χ2n) is 8.36. The molecule has 0 aliphatic carbocycles. The quantitative estimate of drug-likeness (QED) is 0.579. The first-order chi connectivity index (χ1) is 14.9. The maximum absolute atomic E-state index is 12.9. The number of aromatic amines is 1. The van der Waals surface area contributed by atoms with Crippen molar-refractivity contribution in [1.82, 2.24) is 20.1 Å². The van der Waals surface area contributed by atoms with Crippen molar-refractivity contribution in [3.05, 3.63) is 45.2 Å². The number of hydrogen-bond donors (Lipinski definition) is 2. The number of rotatable bonds is 9. The number of nitrogens with one attached hydrogen (secondary N) is 2. The fraction of sp³-hybridized carbons (Fsp3) is 0.583. The number of likely N-dealkylation sites (N-methyl/N-ethyl adjacent to an activating group) is 1. The number of hydrogen-bond acceptors (Lipinski definition) is 4. The highest BCUT2D eigenvalue weighted by Crippen LogP contribution is 2.19. The first-order valence-electron chi connectivity index (χ1n) is 11.4. The van der Waals surface area contributed by atoms with Crippen LogP contribution in [0.1, 0.15) is 43.4 Å². The lowest BCUT2D eigenvalue weighted by molar-refractivity contribution is 0.113. The van der Waals surface area contributed by atoms with Crippen LogP contribution in [0.4, 0.5) is 0 Å². The number of thiocarbonyl (C=S) groups is 1. The van der Waals surface area contributed by atoms with Gasteiger partial charge in [0.25, 0.3) is 5.56 Å². The van der Waals surface area contributed by atoms with E-state index < -0.39 is 0 Å². The van der Waals surface area contributed by atoms with E-state index in [4.69, 9.17) is 17.0 Å². The molecule has 7 heteroatoms. The molecule has 1 unspecified atom stereocenters. The van der Waals surface area contributed by atoms with Gasteiger partial charge in [-0.05, 0) is 74.6 Å². The molecular formula is C24H36N4O2S. The van der Waals surface area contributed by atoms with Crippen molar-refractivity contribution < 1.29 is 4.74 Å². The van der Waals surface area contributed by atoms with E-state index in [1.54, 1.807) is 0 Å².